The molecule has 1 aliphatic rings. The summed E-state index contributed by atoms with van der Waals surface area (Å²) in [5.74, 6) is 0.917. The van der Waals surface area contributed by atoms with Crippen LogP contribution in [0.3, 0.4) is 0 Å². The topological polar surface area (TPSA) is 60.2 Å². The third-order valence-electron chi connectivity index (χ3n) is 3.59. The molecule has 0 radical (unpaired) electrons. The SMILES string of the molecule is COCCC1(CNc2cc(C)c(N)cn2)CC1. The first-order valence-corrected chi connectivity index (χ1v) is 6.10. The summed E-state index contributed by atoms with van der Waals surface area (Å²) >= 11 is 0. The van der Waals surface area contributed by atoms with Gasteiger partial charge in [0.05, 0.1) is 11.9 Å². The minimum absolute atomic E-state index is 0.437. The summed E-state index contributed by atoms with van der Waals surface area (Å²) in [6.07, 6.45) is 5.42. The molecule has 1 fully saturated rings. The van der Waals surface area contributed by atoms with Crippen molar-refractivity contribution in [2.75, 3.05) is 31.3 Å². The van der Waals surface area contributed by atoms with Gasteiger partial charge < -0.3 is 15.8 Å². The minimum Gasteiger partial charge on any atom is -0.397 e. The number of ether oxygens (including phenoxy) is 1. The van der Waals surface area contributed by atoms with E-state index >= 15 is 0 Å². The average molecular weight is 235 g/mol. The lowest BCUT2D eigenvalue weighted by molar-refractivity contribution is 0.175. The number of hydrogen-bond acceptors (Lipinski definition) is 4. The van der Waals surface area contributed by atoms with E-state index in [4.69, 9.17) is 10.5 Å². The summed E-state index contributed by atoms with van der Waals surface area (Å²) < 4.78 is 5.14. The molecule has 4 nitrogen and oxygen atoms in total. The van der Waals surface area contributed by atoms with Gasteiger partial charge >= 0.3 is 0 Å². The molecular weight excluding hydrogens is 214 g/mol. The third kappa shape index (κ3) is 3.09. The first-order chi connectivity index (χ1) is 8.15. The maximum atomic E-state index is 5.74. The molecule has 1 heterocycles. The fourth-order valence-corrected chi connectivity index (χ4v) is 1.95. The lowest BCUT2D eigenvalue weighted by Crippen LogP contribution is -2.18. The summed E-state index contributed by atoms with van der Waals surface area (Å²) in [6.45, 7) is 3.82. The minimum atomic E-state index is 0.437. The van der Waals surface area contributed by atoms with Crippen molar-refractivity contribution >= 4 is 11.5 Å². The Hall–Kier alpha value is -1.29. The fraction of sp³-hybridized carbons (Fsp3) is 0.615. The summed E-state index contributed by atoms with van der Waals surface area (Å²) in [4.78, 5) is 4.28. The Labute approximate surface area is 103 Å². The zero-order valence-electron chi connectivity index (χ0n) is 10.6. The molecule has 0 aromatic carbocycles. The van der Waals surface area contributed by atoms with Crippen molar-refractivity contribution in [3.8, 4) is 0 Å². The number of aryl methyl sites for hydroxylation is 1. The van der Waals surface area contributed by atoms with Crippen LogP contribution in [0, 0.1) is 12.3 Å². The van der Waals surface area contributed by atoms with Gasteiger partial charge in [0.2, 0.25) is 0 Å². The molecular formula is C13H21N3O. The fourth-order valence-electron chi connectivity index (χ4n) is 1.95. The van der Waals surface area contributed by atoms with E-state index in [1.54, 1.807) is 13.3 Å². The van der Waals surface area contributed by atoms with E-state index < -0.39 is 0 Å². The smallest absolute Gasteiger partial charge is 0.126 e. The van der Waals surface area contributed by atoms with Gasteiger partial charge in [-0.25, -0.2) is 4.98 Å². The van der Waals surface area contributed by atoms with E-state index in [-0.39, 0.29) is 0 Å². The van der Waals surface area contributed by atoms with Crippen LogP contribution in [0.4, 0.5) is 11.5 Å². The quantitative estimate of drug-likeness (QED) is 0.793. The Balaban J connectivity index is 1.87. The molecule has 17 heavy (non-hydrogen) atoms. The number of hydrogen-bond donors (Lipinski definition) is 2. The second kappa shape index (κ2) is 4.92. The predicted molar refractivity (Wildman–Crippen MR) is 70.0 cm³/mol. The molecule has 94 valence electrons. The number of pyridine rings is 1. The third-order valence-corrected chi connectivity index (χ3v) is 3.59. The van der Waals surface area contributed by atoms with E-state index in [0.29, 0.717) is 5.41 Å². The molecule has 4 heteroatoms. The zero-order valence-corrected chi connectivity index (χ0v) is 10.6. The first kappa shape index (κ1) is 12.2. The summed E-state index contributed by atoms with van der Waals surface area (Å²) in [7, 11) is 1.76. The van der Waals surface area contributed by atoms with Crippen molar-refractivity contribution in [1.29, 1.82) is 0 Å². The van der Waals surface area contributed by atoms with Crippen LogP contribution in [0.15, 0.2) is 12.3 Å². The monoisotopic (exact) mass is 235 g/mol. The number of anilines is 2. The Bertz CT molecular complexity index is 388. The molecule has 0 bridgehead atoms. The highest BCUT2D eigenvalue weighted by molar-refractivity contribution is 5.50. The Morgan fingerprint density at radius 3 is 2.88 bits per heavy atom. The van der Waals surface area contributed by atoms with Crippen molar-refractivity contribution in [1.82, 2.24) is 4.98 Å². The van der Waals surface area contributed by atoms with Crippen LogP contribution < -0.4 is 11.1 Å². The molecule has 3 N–H and O–H groups in total. The largest absolute Gasteiger partial charge is 0.397 e. The van der Waals surface area contributed by atoms with E-state index in [1.165, 1.54) is 12.8 Å². The normalized spacial score (nSPS) is 16.8. The summed E-state index contributed by atoms with van der Waals surface area (Å²) in [6, 6.07) is 2.00. The lowest BCUT2D eigenvalue weighted by Gasteiger charge is -2.16. The second-order valence-corrected chi connectivity index (χ2v) is 5.02. The highest BCUT2D eigenvalue weighted by Crippen LogP contribution is 2.48. The highest BCUT2D eigenvalue weighted by atomic mass is 16.5. The van der Waals surface area contributed by atoms with Crippen LogP contribution in [0.5, 0.6) is 0 Å². The molecule has 0 spiro atoms. The van der Waals surface area contributed by atoms with Crippen LogP contribution >= 0.6 is 0 Å². The van der Waals surface area contributed by atoms with Crippen molar-refractivity contribution < 1.29 is 4.74 Å². The molecule has 0 unspecified atom stereocenters. The lowest BCUT2D eigenvalue weighted by atomic mass is 10.0. The van der Waals surface area contributed by atoms with Gasteiger partial charge in [-0.1, -0.05) is 0 Å². The van der Waals surface area contributed by atoms with Crippen molar-refractivity contribution in [3.63, 3.8) is 0 Å². The van der Waals surface area contributed by atoms with E-state index in [1.807, 2.05) is 13.0 Å². The zero-order chi connectivity index (χ0) is 12.3. The molecule has 0 atom stereocenters. The molecule has 1 saturated carbocycles. The molecule has 2 rings (SSSR count). The first-order valence-electron chi connectivity index (χ1n) is 6.10. The molecule has 0 amide bonds. The number of rotatable bonds is 6. The maximum Gasteiger partial charge on any atom is 0.126 e. The van der Waals surface area contributed by atoms with Gasteiger partial charge in [0.15, 0.2) is 0 Å². The van der Waals surface area contributed by atoms with Gasteiger partial charge in [0.25, 0.3) is 0 Å². The average Bonchev–Trinajstić information content (AvgIpc) is 3.09. The Morgan fingerprint density at radius 2 is 2.29 bits per heavy atom. The number of nitrogens with zero attached hydrogens (tertiary/aromatic N) is 1. The van der Waals surface area contributed by atoms with Gasteiger partial charge in [-0.15, -0.1) is 0 Å². The Kier molecular flexibility index (Phi) is 3.52. The van der Waals surface area contributed by atoms with E-state index in [0.717, 1.165) is 36.6 Å². The number of nitrogens with one attached hydrogen (secondary N) is 1. The molecule has 1 aromatic heterocycles. The van der Waals surface area contributed by atoms with Crippen molar-refractivity contribution in [2.45, 2.75) is 26.2 Å². The van der Waals surface area contributed by atoms with E-state index in [9.17, 15) is 0 Å². The van der Waals surface area contributed by atoms with Crippen LogP contribution in [0.25, 0.3) is 0 Å². The van der Waals surface area contributed by atoms with Gasteiger partial charge in [-0.3, -0.25) is 0 Å². The van der Waals surface area contributed by atoms with Crippen LogP contribution in [0.2, 0.25) is 0 Å². The van der Waals surface area contributed by atoms with Gasteiger partial charge in [0, 0.05) is 20.3 Å². The molecule has 0 aliphatic heterocycles. The number of methoxy groups -OCH3 is 1. The van der Waals surface area contributed by atoms with Crippen molar-refractivity contribution in [2.24, 2.45) is 5.41 Å². The molecule has 1 aliphatic carbocycles. The van der Waals surface area contributed by atoms with Crippen molar-refractivity contribution in [3.05, 3.63) is 17.8 Å². The van der Waals surface area contributed by atoms with Crippen LogP contribution in [-0.2, 0) is 4.74 Å². The maximum absolute atomic E-state index is 5.74. The van der Waals surface area contributed by atoms with Gasteiger partial charge in [-0.05, 0) is 43.2 Å². The Morgan fingerprint density at radius 1 is 1.53 bits per heavy atom. The standard InChI is InChI=1S/C13H21N3O/c1-10-7-12(15-8-11(10)14)16-9-13(3-4-13)5-6-17-2/h7-8H,3-6,9,14H2,1-2H3,(H,15,16). The number of nitrogen functional groups attached to an aromatic ring is 1. The van der Waals surface area contributed by atoms with Gasteiger partial charge in [-0.2, -0.15) is 0 Å². The molecule has 0 saturated heterocycles. The highest BCUT2D eigenvalue weighted by Gasteiger charge is 2.41. The summed E-state index contributed by atoms with van der Waals surface area (Å²) in [5.41, 5.74) is 8.00. The summed E-state index contributed by atoms with van der Waals surface area (Å²) in [5, 5.41) is 3.40. The van der Waals surface area contributed by atoms with E-state index in [2.05, 4.69) is 10.3 Å². The van der Waals surface area contributed by atoms with Crippen LogP contribution in [0.1, 0.15) is 24.8 Å². The second-order valence-electron chi connectivity index (χ2n) is 5.02. The number of nitrogens with two attached hydrogens (primary N) is 1. The molecule has 1 aromatic rings. The number of aromatic nitrogens is 1. The van der Waals surface area contributed by atoms with Crippen LogP contribution in [-0.4, -0.2) is 25.2 Å². The van der Waals surface area contributed by atoms with Gasteiger partial charge in [0.1, 0.15) is 5.82 Å². The predicted octanol–water partition coefficient (Wildman–Crippen LogP) is 2.20.